The van der Waals surface area contributed by atoms with E-state index in [0.29, 0.717) is 0 Å². The van der Waals surface area contributed by atoms with Gasteiger partial charge in [-0.05, 0) is 33.9 Å². The topological polar surface area (TPSA) is 20.2 Å². The average molecular weight is 196 g/mol. The molecule has 1 aliphatic carbocycles. The van der Waals surface area contributed by atoms with Crippen molar-refractivity contribution in [2.24, 2.45) is 0 Å². The molecule has 0 saturated carbocycles. The molecule has 0 aromatic heterocycles. The molecule has 15 heavy (non-hydrogen) atoms. The Kier molecular flexibility index (Phi) is 1.86. The minimum Gasteiger partial charge on any atom is -0.392 e. The molecule has 74 valence electrons. The zero-order valence-corrected chi connectivity index (χ0v) is 8.40. The number of hydrogen-bond acceptors (Lipinski definition) is 1. The SMILES string of the molecule is OCC1=CCc2ccc3ccccc3c21. The summed E-state index contributed by atoms with van der Waals surface area (Å²) in [4.78, 5) is 0. The third-order valence-corrected chi connectivity index (χ3v) is 3.08. The summed E-state index contributed by atoms with van der Waals surface area (Å²) in [6.07, 6.45) is 3.08. The van der Waals surface area contributed by atoms with Gasteiger partial charge in [0.2, 0.25) is 0 Å². The van der Waals surface area contributed by atoms with Crippen molar-refractivity contribution in [3.63, 3.8) is 0 Å². The third kappa shape index (κ3) is 1.20. The van der Waals surface area contributed by atoms with Crippen LogP contribution in [0.2, 0.25) is 0 Å². The number of aliphatic hydroxyl groups excluding tert-OH is 1. The minimum atomic E-state index is 0.140. The molecule has 0 amide bonds. The van der Waals surface area contributed by atoms with Gasteiger partial charge in [0.25, 0.3) is 0 Å². The van der Waals surface area contributed by atoms with Crippen molar-refractivity contribution in [3.8, 4) is 0 Å². The van der Waals surface area contributed by atoms with Crippen LogP contribution >= 0.6 is 0 Å². The van der Waals surface area contributed by atoms with E-state index in [1.807, 2.05) is 6.07 Å². The van der Waals surface area contributed by atoms with E-state index in [1.54, 1.807) is 0 Å². The first-order valence-corrected chi connectivity index (χ1v) is 5.21. The largest absolute Gasteiger partial charge is 0.392 e. The molecule has 2 aromatic carbocycles. The van der Waals surface area contributed by atoms with Crippen molar-refractivity contribution in [3.05, 3.63) is 53.6 Å². The molecule has 1 heteroatoms. The van der Waals surface area contributed by atoms with Gasteiger partial charge in [0, 0.05) is 0 Å². The fourth-order valence-corrected chi connectivity index (χ4v) is 2.34. The second-order valence-electron chi connectivity index (χ2n) is 3.91. The highest BCUT2D eigenvalue weighted by Gasteiger charge is 2.15. The molecule has 1 nitrogen and oxygen atoms in total. The average Bonchev–Trinajstić information content (AvgIpc) is 2.72. The highest BCUT2D eigenvalue weighted by Crippen LogP contribution is 2.33. The Bertz CT molecular complexity index is 552. The molecule has 0 atom stereocenters. The van der Waals surface area contributed by atoms with E-state index >= 15 is 0 Å². The molecular formula is C14H12O. The number of benzene rings is 2. The Labute approximate surface area is 88.7 Å². The van der Waals surface area contributed by atoms with Gasteiger partial charge in [0.15, 0.2) is 0 Å². The van der Waals surface area contributed by atoms with E-state index < -0.39 is 0 Å². The maximum atomic E-state index is 9.30. The zero-order valence-electron chi connectivity index (χ0n) is 8.40. The summed E-state index contributed by atoms with van der Waals surface area (Å²) in [7, 11) is 0. The minimum absolute atomic E-state index is 0.140. The Balaban J connectivity index is 2.38. The fraction of sp³-hybridized carbons (Fsp3) is 0.143. The van der Waals surface area contributed by atoms with E-state index in [-0.39, 0.29) is 6.61 Å². The fourth-order valence-electron chi connectivity index (χ4n) is 2.34. The Hall–Kier alpha value is -1.60. The van der Waals surface area contributed by atoms with Gasteiger partial charge in [0.1, 0.15) is 0 Å². The van der Waals surface area contributed by atoms with Crippen LogP contribution in [0.15, 0.2) is 42.5 Å². The molecule has 2 aromatic rings. The van der Waals surface area contributed by atoms with Crippen LogP contribution < -0.4 is 0 Å². The van der Waals surface area contributed by atoms with Crippen molar-refractivity contribution in [1.29, 1.82) is 0 Å². The first-order valence-electron chi connectivity index (χ1n) is 5.21. The van der Waals surface area contributed by atoms with E-state index in [9.17, 15) is 5.11 Å². The maximum absolute atomic E-state index is 9.30. The van der Waals surface area contributed by atoms with Crippen LogP contribution in [-0.2, 0) is 6.42 Å². The summed E-state index contributed by atoms with van der Waals surface area (Å²) >= 11 is 0. The molecule has 0 fully saturated rings. The number of fused-ring (bicyclic) bond motifs is 3. The van der Waals surface area contributed by atoms with Crippen molar-refractivity contribution in [1.82, 2.24) is 0 Å². The van der Waals surface area contributed by atoms with Crippen LogP contribution in [0.1, 0.15) is 11.1 Å². The molecule has 3 rings (SSSR count). The normalized spacial score (nSPS) is 14.1. The number of rotatable bonds is 1. The lowest BCUT2D eigenvalue weighted by Gasteiger charge is -2.07. The molecule has 0 radical (unpaired) electrons. The Morgan fingerprint density at radius 3 is 2.80 bits per heavy atom. The lowest BCUT2D eigenvalue weighted by molar-refractivity contribution is 0.350. The molecule has 0 aliphatic heterocycles. The summed E-state index contributed by atoms with van der Waals surface area (Å²) in [5.41, 5.74) is 3.65. The monoisotopic (exact) mass is 196 g/mol. The van der Waals surface area contributed by atoms with Crippen molar-refractivity contribution < 1.29 is 5.11 Å². The summed E-state index contributed by atoms with van der Waals surface area (Å²) in [5.74, 6) is 0. The summed E-state index contributed by atoms with van der Waals surface area (Å²) < 4.78 is 0. The van der Waals surface area contributed by atoms with E-state index in [4.69, 9.17) is 0 Å². The molecule has 0 spiro atoms. The van der Waals surface area contributed by atoms with Gasteiger partial charge >= 0.3 is 0 Å². The standard InChI is InChI=1S/C14H12O/c15-9-12-8-7-11-6-5-10-3-1-2-4-13(10)14(11)12/h1-6,8,15H,7,9H2. The van der Waals surface area contributed by atoms with E-state index in [0.717, 1.165) is 12.0 Å². The van der Waals surface area contributed by atoms with Crippen LogP contribution in [0.4, 0.5) is 0 Å². The van der Waals surface area contributed by atoms with Crippen LogP contribution in [0, 0.1) is 0 Å². The maximum Gasteiger partial charge on any atom is 0.0685 e. The molecule has 0 saturated heterocycles. The number of aliphatic hydroxyl groups is 1. The van der Waals surface area contributed by atoms with Crippen LogP contribution in [0.3, 0.4) is 0 Å². The smallest absolute Gasteiger partial charge is 0.0685 e. The lowest BCUT2D eigenvalue weighted by atomic mass is 9.98. The zero-order chi connectivity index (χ0) is 10.3. The van der Waals surface area contributed by atoms with Crippen molar-refractivity contribution in [2.45, 2.75) is 6.42 Å². The summed E-state index contributed by atoms with van der Waals surface area (Å²) in [6.45, 7) is 0.140. The quantitative estimate of drug-likeness (QED) is 0.743. The second-order valence-corrected chi connectivity index (χ2v) is 3.91. The number of hydrogen-bond donors (Lipinski definition) is 1. The van der Waals surface area contributed by atoms with Gasteiger partial charge in [-0.25, -0.2) is 0 Å². The third-order valence-electron chi connectivity index (χ3n) is 3.08. The van der Waals surface area contributed by atoms with Gasteiger partial charge < -0.3 is 5.11 Å². The summed E-state index contributed by atoms with van der Waals surface area (Å²) in [6, 6.07) is 12.7. The van der Waals surface area contributed by atoms with Crippen LogP contribution in [0.5, 0.6) is 0 Å². The number of allylic oxidation sites excluding steroid dienone is 1. The van der Waals surface area contributed by atoms with Gasteiger partial charge in [-0.3, -0.25) is 0 Å². The van der Waals surface area contributed by atoms with E-state index in [2.05, 4.69) is 36.4 Å². The molecule has 0 unspecified atom stereocenters. The second kappa shape index (κ2) is 3.21. The predicted molar refractivity (Wildman–Crippen MR) is 62.7 cm³/mol. The Morgan fingerprint density at radius 2 is 1.93 bits per heavy atom. The van der Waals surface area contributed by atoms with Crippen LogP contribution in [0.25, 0.3) is 16.3 Å². The highest BCUT2D eigenvalue weighted by molar-refractivity contribution is 5.97. The lowest BCUT2D eigenvalue weighted by Crippen LogP contribution is -1.90. The molecule has 1 aliphatic rings. The Morgan fingerprint density at radius 1 is 1.07 bits per heavy atom. The predicted octanol–water partition coefficient (Wildman–Crippen LogP) is 2.77. The molecule has 0 heterocycles. The highest BCUT2D eigenvalue weighted by atomic mass is 16.3. The molecular weight excluding hydrogens is 184 g/mol. The van der Waals surface area contributed by atoms with Crippen LogP contribution in [-0.4, -0.2) is 11.7 Å². The van der Waals surface area contributed by atoms with Crippen molar-refractivity contribution in [2.75, 3.05) is 6.61 Å². The summed E-state index contributed by atoms with van der Waals surface area (Å²) in [5, 5.41) is 11.8. The molecule has 1 N–H and O–H groups in total. The van der Waals surface area contributed by atoms with Gasteiger partial charge in [-0.2, -0.15) is 0 Å². The van der Waals surface area contributed by atoms with Gasteiger partial charge in [-0.1, -0.05) is 42.5 Å². The first kappa shape index (κ1) is 8.69. The van der Waals surface area contributed by atoms with Crippen molar-refractivity contribution >= 4 is 16.3 Å². The van der Waals surface area contributed by atoms with Gasteiger partial charge in [0.05, 0.1) is 6.61 Å². The first-order chi connectivity index (χ1) is 7.40. The van der Waals surface area contributed by atoms with E-state index in [1.165, 1.54) is 21.9 Å². The van der Waals surface area contributed by atoms with Gasteiger partial charge in [-0.15, -0.1) is 0 Å². The molecule has 0 bridgehead atoms.